The van der Waals surface area contributed by atoms with Gasteiger partial charge in [0.2, 0.25) is 5.91 Å². The molecule has 1 aromatic carbocycles. The first-order valence-electron chi connectivity index (χ1n) is 9.62. The lowest BCUT2D eigenvalue weighted by Gasteiger charge is -2.33. The van der Waals surface area contributed by atoms with Gasteiger partial charge in [0.05, 0.1) is 13.0 Å². The van der Waals surface area contributed by atoms with Crippen LogP contribution in [0.25, 0.3) is 0 Å². The van der Waals surface area contributed by atoms with Crippen LogP contribution in [-0.4, -0.2) is 61.3 Å². The number of aromatic nitrogens is 2. The highest BCUT2D eigenvalue weighted by Gasteiger charge is 2.27. The molecule has 0 bridgehead atoms. The highest BCUT2D eigenvalue weighted by atomic mass is 16.5. The number of hydrogen-bond acceptors (Lipinski definition) is 4. The number of benzene rings is 1. The summed E-state index contributed by atoms with van der Waals surface area (Å²) in [6.07, 6.45) is 6.40. The summed E-state index contributed by atoms with van der Waals surface area (Å²) in [6.45, 7) is 3.05. The third-order valence-electron chi connectivity index (χ3n) is 5.23. The highest BCUT2D eigenvalue weighted by molar-refractivity contribution is 5.79. The maximum atomic E-state index is 12.8. The van der Waals surface area contributed by atoms with Gasteiger partial charge in [-0.05, 0) is 30.5 Å². The van der Waals surface area contributed by atoms with Gasteiger partial charge >= 0.3 is 0 Å². The number of rotatable bonds is 7. The fourth-order valence-electron chi connectivity index (χ4n) is 3.67. The molecule has 0 N–H and O–H groups in total. The second-order valence-electron chi connectivity index (χ2n) is 7.39. The number of amides is 1. The van der Waals surface area contributed by atoms with Gasteiger partial charge in [-0.25, -0.2) is 4.98 Å². The van der Waals surface area contributed by atoms with E-state index >= 15 is 0 Å². The summed E-state index contributed by atoms with van der Waals surface area (Å²) >= 11 is 0. The largest absolute Gasteiger partial charge is 0.383 e. The van der Waals surface area contributed by atoms with Crippen molar-refractivity contribution in [2.45, 2.75) is 31.7 Å². The molecule has 1 atom stereocenters. The predicted octanol–water partition coefficient (Wildman–Crippen LogP) is 2.54. The fraction of sp³-hybridized carbons (Fsp3) is 0.524. The molecule has 3 rings (SSSR count). The minimum atomic E-state index is 0.201. The van der Waals surface area contributed by atoms with E-state index in [1.165, 1.54) is 0 Å². The smallest absolute Gasteiger partial charge is 0.227 e. The Labute approximate surface area is 161 Å². The number of carbonyl (C=O) groups is 1. The number of ether oxygens (including phenoxy) is 1. The summed E-state index contributed by atoms with van der Waals surface area (Å²) in [7, 11) is 5.75. The van der Waals surface area contributed by atoms with Crippen LogP contribution in [0.5, 0.6) is 0 Å². The Bertz CT molecular complexity index is 739. The Morgan fingerprint density at radius 1 is 1.30 bits per heavy atom. The molecule has 0 saturated carbocycles. The first-order valence-corrected chi connectivity index (χ1v) is 9.62. The zero-order chi connectivity index (χ0) is 19.2. The molecule has 6 heteroatoms. The van der Waals surface area contributed by atoms with Crippen LogP contribution < -0.4 is 4.90 Å². The highest BCUT2D eigenvalue weighted by Crippen LogP contribution is 2.26. The maximum absolute atomic E-state index is 12.8. The lowest BCUT2D eigenvalue weighted by atomic mass is 9.96. The van der Waals surface area contributed by atoms with Gasteiger partial charge in [0.1, 0.15) is 5.82 Å². The van der Waals surface area contributed by atoms with E-state index in [0.717, 1.165) is 49.6 Å². The second-order valence-corrected chi connectivity index (χ2v) is 7.39. The lowest BCUT2D eigenvalue weighted by Crippen LogP contribution is -2.40. The van der Waals surface area contributed by atoms with Crippen molar-refractivity contribution in [3.8, 4) is 0 Å². The SMILES string of the molecule is COCCn1ccnc1C1CCCN(C(=O)Cc2ccc(N(C)C)cc2)C1. The van der Waals surface area contributed by atoms with Crippen molar-refractivity contribution in [1.82, 2.24) is 14.5 Å². The molecule has 1 unspecified atom stereocenters. The van der Waals surface area contributed by atoms with E-state index in [9.17, 15) is 4.79 Å². The van der Waals surface area contributed by atoms with Crippen LogP contribution in [0.1, 0.15) is 30.1 Å². The molecule has 2 heterocycles. The number of likely N-dealkylation sites (tertiary alicyclic amines) is 1. The van der Waals surface area contributed by atoms with Crippen molar-refractivity contribution in [2.24, 2.45) is 0 Å². The molecule has 27 heavy (non-hydrogen) atoms. The normalized spacial score (nSPS) is 17.1. The fourth-order valence-corrected chi connectivity index (χ4v) is 3.67. The average Bonchev–Trinajstić information content (AvgIpc) is 3.15. The number of nitrogens with zero attached hydrogens (tertiary/aromatic N) is 4. The quantitative estimate of drug-likeness (QED) is 0.752. The zero-order valence-electron chi connectivity index (χ0n) is 16.6. The van der Waals surface area contributed by atoms with Crippen molar-refractivity contribution in [2.75, 3.05) is 45.8 Å². The van der Waals surface area contributed by atoms with Crippen molar-refractivity contribution >= 4 is 11.6 Å². The number of anilines is 1. The minimum Gasteiger partial charge on any atom is -0.383 e. The Kier molecular flexibility index (Phi) is 6.50. The summed E-state index contributed by atoms with van der Waals surface area (Å²) in [6, 6.07) is 8.22. The van der Waals surface area contributed by atoms with Crippen LogP contribution in [0, 0.1) is 0 Å². The van der Waals surface area contributed by atoms with Crippen molar-refractivity contribution in [3.05, 3.63) is 48.0 Å². The molecule has 1 fully saturated rings. The molecule has 1 aromatic heterocycles. The Hall–Kier alpha value is -2.34. The van der Waals surface area contributed by atoms with Crippen molar-refractivity contribution in [3.63, 3.8) is 0 Å². The van der Waals surface area contributed by atoms with E-state index in [1.807, 2.05) is 43.5 Å². The van der Waals surface area contributed by atoms with E-state index in [0.29, 0.717) is 18.9 Å². The molecule has 0 radical (unpaired) electrons. The monoisotopic (exact) mass is 370 g/mol. The van der Waals surface area contributed by atoms with Gasteiger partial charge in [0, 0.05) is 64.8 Å². The molecule has 1 saturated heterocycles. The minimum absolute atomic E-state index is 0.201. The van der Waals surface area contributed by atoms with E-state index in [-0.39, 0.29) is 5.91 Å². The standard InChI is InChI=1S/C21H30N4O2/c1-23(2)19-8-6-17(7-9-19)15-20(26)25-11-4-5-18(16-25)21-22-10-12-24(21)13-14-27-3/h6-10,12,18H,4-5,11,13-16H2,1-3H3. The molecule has 6 nitrogen and oxygen atoms in total. The van der Waals surface area contributed by atoms with E-state index in [1.54, 1.807) is 7.11 Å². The van der Waals surface area contributed by atoms with Gasteiger partial charge in [-0.3, -0.25) is 4.79 Å². The van der Waals surface area contributed by atoms with Crippen LogP contribution in [0.2, 0.25) is 0 Å². The second kappa shape index (κ2) is 9.04. The topological polar surface area (TPSA) is 50.6 Å². The van der Waals surface area contributed by atoms with E-state index < -0.39 is 0 Å². The molecule has 1 amide bonds. The molecule has 1 aliphatic heterocycles. The number of piperidine rings is 1. The first kappa shape index (κ1) is 19.4. The van der Waals surface area contributed by atoms with Crippen LogP contribution in [0.3, 0.4) is 0 Å². The van der Waals surface area contributed by atoms with Gasteiger partial charge in [-0.2, -0.15) is 0 Å². The van der Waals surface area contributed by atoms with Crippen LogP contribution in [-0.2, 0) is 22.5 Å². The van der Waals surface area contributed by atoms with Crippen molar-refractivity contribution in [1.29, 1.82) is 0 Å². The Balaban J connectivity index is 1.62. The Morgan fingerprint density at radius 2 is 2.07 bits per heavy atom. The maximum Gasteiger partial charge on any atom is 0.227 e. The number of carbonyl (C=O) groups excluding carboxylic acids is 1. The third-order valence-corrected chi connectivity index (χ3v) is 5.23. The molecule has 0 aliphatic carbocycles. The molecular weight excluding hydrogens is 340 g/mol. The van der Waals surface area contributed by atoms with Gasteiger partial charge < -0.3 is 19.1 Å². The predicted molar refractivity (Wildman–Crippen MR) is 107 cm³/mol. The summed E-state index contributed by atoms with van der Waals surface area (Å²) in [5.41, 5.74) is 2.21. The van der Waals surface area contributed by atoms with Crippen LogP contribution in [0.4, 0.5) is 5.69 Å². The number of hydrogen-bond donors (Lipinski definition) is 0. The molecule has 1 aliphatic rings. The molecule has 146 valence electrons. The van der Waals surface area contributed by atoms with Crippen LogP contribution in [0.15, 0.2) is 36.7 Å². The Morgan fingerprint density at radius 3 is 2.78 bits per heavy atom. The molecule has 2 aromatic rings. The summed E-state index contributed by atoms with van der Waals surface area (Å²) in [4.78, 5) is 21.5. The first-order chi connectivity index (χ1) is 13.1. The average molecular weight is 370 g/mol. The molecular formula is C21H30N4O2. The van der Waals surface area contributed by atoms with Gasteiger partial charge in [0.25, 0.3) is 0 Å². The van der Waals surface area contributed by atoms with Gasteiger partial charge in [0.15, 0.2) is 0 Å². The summed E-state index contributed by atoms with van der Waals surface area (Å²) in [5, 5.41) is 0. The summed E-state index contributed by atoms with van der Waals surface area (Å²) < 4.78 is 7.35. The third kappa shape index (κ3) is 4.89. The summed E-state index contributed by atoms with van der Waals surface area (Å²) in [5.74, 6) is 1.57. The van der Waals surface area contributed by atoms with Gasteiger partial charge in [-0.1, -0.05) is 12.1 Å². The van der Waals surface area contributed by atoms with Crippen LogP contribution >= 0.6 is 0 Å². The zero-order valence-corrected chi connectivity index (χ0v) is 16.6. The number of methoxy groups -OCH3 is 1. The number of imidazole rings is 1. The van der Waals surface area contributed by atoms with E-state index in [2.05, 4.69) is 26.6 Å². The lowest BCUT2D eigenvalue weighted by molar-refractivity contribution is -0.131. The molecule has 0 spiro atoms. The van der Waals surface area contributed by atoms with E-state index in [4.69, 9.17) is 4.74 Å². The van der Waals surface area contributed by atoms with Gasteiger partial charge in [-0.15, -0.1) is 0 Å². The van der Waals surface area contributed by atoms with Crippen molar-refractivity contribution < 1.29 is 9.53 Å².